The van der Waals surface area contributed by atoms with E-state index in [9.17, 15) is 86.2 Å². The summed E-state index contributed by atoms with van der Waals surface area (Å²) in [5.41, 5.74) is -2.43. The maximum absolute atomic E-state index is 17.2. The number of hydrogen-bond donors (Lipinski definition) is 24. The summed E-state index contributed by atoms with van der Waals surface area (Å²) in [6, 6.07) is 14.8. The smallest absolute Gasteiger partial charge is 0.330 e. The molecule has 18 rings (SSSR count). The highest BCUT2D eigenvalue weighted by molar-refractivity contribution is 6.32. The largest absolute Gasteiger partial charge is 0.508 e. The van der Waals surface area contributed by atoms with Gasteiger partial charge in [-0.05, 0) is 148 Å². The number of aromatic hydroxyl groups is 4. The predicted molar refractivity (Wildman–Crippen MR) is 475 cm³/mol. The molecule has 9 heterocycles. The number of aliphatic hydroxyl groups excluding tert-OH is 10. The van der Waals surface area contributed by atoms with Crippen molar-refractivity contribution in [2.75, 3.05) is 19.8 Å². The fraction of sp³-hybridized carbons (Fsp3) is 0.326. The van der Waals surface area contributed by atoms with Gasteiger partial charge in [0, 0.05) is 65.3 Å². The summed E-state index contributed by atoms with van der Waals surface area (Å²) in [4.78, 5) is 126. The molecular formula is C92H89Cl4N9O32. The van der Waals surface area contributed by atoms with E-state index in [0.717, 1.165) is 85.8 Å². The van der Waals surface area contributed by atoms with Crippen molar-refractivity contribution in [1.29, 1.82) is 0 Å². The molecule has 137 heavy (non-hydrogen) atoms. The number of aliphatic hydroxyl groups is 10. The van der Waals surface area contributed by atoms with Gasteiger partial charge in [-0.3, -0.25) is 38.9 Å². The van der Waals surface area contributed by atoms with Crippen molar-refractivity contribution in [3.63, 3.8) is 0 Å². The molecule has 0 aromatic heterocycles. The number of benzene rings is 9. The summed E-state index contributed by atoms with van der Waals surface area (Å²) in [5, 5.41) is 196. The zero-order valence-electron chi connectivity index (χ0n) is 71.3. The Kier molecular flexibility index (Phi) is 29.2. The fourth-order valence-electron chi connectivity index (χ4n) is 16.9. The van der Waals surface area contributed by atoms with Crippen LogP contribution in [0.5, 0.6) is 69.0 Å². The molecule has 0 aliphatic carbocycles. The Balaban J connectivity index is 0.946. The normalized spacial score (nSPS) is 28.2. The fourth-order valence-corrected chi connectivity index (χ4v) is 17.7. The molecule has 9 aromatic carbocycles. The second-order valence-electron chi connectivity index (χ2n) is 33.2. The zero-order valence-corrected chi connectivity index (χ0v) is 74.3. The Labute approximate surface area is 795 Å². The van der Waals surface area contributed by atoms with Crippen molar-refractivity contribution in [3.8, 4) is 80.1 Å². The predicted octanol–water partition coefficient (Wildman–Crippen LogP) is 2.83. The number of carbonyl (C=O) groups excluding carboxylic acids is 7. The average molecular weight is 1970 g/mol. The van der Waals surface area contributed by atoms with Crippen molar-refractivity contribution in [2.24, 2.45) is 0 Å². The van der Waals surface area contributed by atoms with Crippen LogP contribution in [0.15, 0.2) is 164 Å². The van der Waals surface area contributed by atoms with Crippen LogP contribution >= 0.6 is 46.4 Å². The Morgan fingerprint density at radius 1 is 0.445 bits per heavy atom. The third kappa shape index (κ3) is 20.9. The average Bonchev–Trinajstić information content (AvgIpc) is 0.753. The zero-order chi connectivity index (χ0) is 97.5. The van der Waals surface area contributed by atoms with Gasteiger partial charge in [0.15, 0.2) is 35.3 Å². The first-order chi connectivity index (χ1) is 65.5. The van der Waals surface area contributed by atoms with Gasteiger partial charge in [-0.1, -0.05) is 94.9 Å². The van der Waals surface area contributed by atoms with Crippen LogP contribution in [-0.2, 0) is 76.8 Å². The van der Waals surface area contributed by atoms with Crippen molar-refractivity contribution < 1.29 is 158 Å². The number of aliphatic carboxylic acids is 1. The number of phenolic OH excluding ortho intramolecular Hbond substituents is 4. The molecular weight excluding hydrogens is 1880 g/mol. The molecule has 9 aromatic rings. The van der Waals surface area contributed by atoms with Crippen LogP contribution in [-0.4, -0.2) is 248 Å². The lowest BCUT2D eigenvalue weighted by atomic mass is 9.89. The van der Waals surface area contributed by atoms with E-state index in [4.69, 9.17) is 89.0 Å². The van der Waals surface area contributed by atoms with E-state index in [0.29, 0.717) is 21.2 Å². The maximum Gasteiger partial charge on any atom is 0.330 e. The molecule has 9 aliphatic rings. The lowest BCUT2D eigenvalue weighted by molar-refractivity contribution is -0.284. The van der Waals surface area contributed by atoms with Crippen molar-refractivity contribution >= 4 is 93.7 Å². The molecule has 0 unspecified atom stereocenters. The van der Waals surface area contributed by atoms with Gasteiger partial charge in [-0.25, -0.2) is 4.79 Å². The van der Waals surface area contributed by atoms with Gasteiger partial charge >= 0.3 is 5.97 Å². The highest BCUT2D eigenvalue weighted by Gasteiger charge is 2.52. The van der Waals surface area contributed by atoms with E-state index in [1.165, 1.54) is 36.4 Å². The number of carbonyl (C=O) groups is 8. The van der Waals surface area contributed by atoms with Crippen LogP contribution in [0.2, 0.25) is 20.1 Å². The van der Waals surface area contributed by atoms with Crippen LogP contribution in [0.25, 0.3) is 11.1 Å². The molecule has 0 radical (unpaired) electrons. The summed E-state index contributed by atoms with van der Waals surface area (Å²) < 4.78 is 58.1. The number of nitrogens with one attached hydrogen (secondary N) is 9. The first-order valence-corrected chi connectivity index (χ1v) is 44.0. The second-order valence-corrected chi connectivity index (χ2v) is 34.9. The van der Waals surface area contributed by atoms with E-state index in [1.807, 2.05) is 0 Å². The first-order valence-electron chi connectivity index (χ1n) is 42.5. The minimum atomic E-state index is -2.59. The lowest BCUT2D eigenvalue weighted by Gasteiger charge is -2.44. The first kappa shape index (κ1) is 97.5. The minimum absolute atomic E-state index is 0.0388. The van der Waals surface area contributed by atoms with Crippen LogP contribution < -0.4 is 71.5 Å². The van der Waals surface area contributed by atoms with Gasteiger partial charge in [0.05, 0.1) is 35.9 Å². The van der Waals surface area contributed by atoms with E-state index in [-0.39, 0.29) is 57.6 Å². The van der Waals surface area contributed by atoms with Gasteiger partial charge in [-0.15, -0.1) is 0 Å². The molecule has 24 N–H and O–H groups in total. The number of carboxylic acid groups (broad SMARTS) is 1. The molecule has 23 atom stereocenters. The Morgan fingerprint density at radius 3 is 1.59 bits per heavy atom. The van der Waals surface area contributed by atoms with Crippen LogP contribution in [0.3, 0.4) is 0 Å². The number of hydrogen-bond acceptors (Lipinski definition) is 33. The highest BCUT2D eigenvalue weighted by Crippen LogP contribution is 2.51. The molecule has 3 fully saturated rings. The summed E-state index contributed by atoms with van der Waals surface area (Å²) in [7, 11) is 0. The number of ether oxygens (including phenoxy) is 9. The van der Waals surface area contributed by atoms with Crippen LogP contribution in [0.1, 0.15) is 93.3 Å². The van der Waals surface area contributed by atoms with E-state index in [2.05, 4.69) is 47.9 Å². The highest BCUT2D eigenvalue weighted by atomic mass is 35.5. The van der Waals surface area contributed by atoms with Gasteiger partial charge in [0.2, 0.25) is 59.7 Å². The third-order valence-electron chi connectivity index (χ3n) is 24.0. The van der Waals surface area contributed by atoms with Gasteiger partial charge in [0.1, 0.15) is 150 Å². The summed E-state index contributed by atoms with van der Waals surface area (Å²) in [6.07, 6.45) is -28.8. The van der Waals surface area contributed by atoms with Crippen molar-refractivity contribution in [3.05, 3.63) is 234 Å². The van der Waals surface area contributed by atoms with Crippen LogP contribution in [0, 0.1) is 0 Å². The molecule has 0 spiro atoms. The molecule has 0 saturated carbocycles. The Hall–Kier alpha value is -12.5. The van der Waals surface area contributed by atoms with Gasteiger partial charge < -0.3 is 162 Å². The molecule has 3 saturated heterocycles. The van der Waals surface area contributed by atoms with Crippen molar-refractivity contribution in [2.45, 2.75) is 167 Å². The number of amides is 7. The maximum atomic E-state index is 17.2. The SMILES string of the molecule is CC(=O)N[C@H]1[C@H](O[C@@H]2c3ccc(c(Cl)c3)Oc3cc4cc(c3O[C@@H]3O[C@H](CO)[C@@H](O)[C@H](O)[C@H]3NCc3ccc(Cl)cc3)Oc3ccc(cc3Cl)C[C@H]3NC(=O)[C@H](NCc5ccc(Cl)cc5)c5ccc(O)c(c5)Oc5cc(O)cc(c5)[C@H](NC3=O)C(=O)N[C@H]4C(=O)N[C@H]3C(=O)N[C@@H]2C(=O)N[C@H](C(=O)O)c2cc(O)cc(O[C@H]4O[C@H](CO)[C@@H](O)[C@H](O)[C@@H]4O)c2-c2cc3ccc2O)O[C@H](CO)[C@@H](O)[C@@H]1O. The topological polar surface area (TPSA) is 631 Å². The quantitative estimate of drug-likeness (QED) is 0.0623. The van der Waals surface area contributed by atoms with E-state index < -0.39 is 299 Å². The number of halogens is 4. The molecule has 7 amide bonds. The number of carboxylic acids is 1. The Morgan fingerprint density at radius 2 is 0.978 bits per heavy atom. The third-order valence-corrected chi connectivity index (χ3v) is 25.0. The van der Waals surface area contributed by atoms with Crippen molar-refractivity contribution in [1.82, 2.24) is 47.9 Å². The molecule has 41 nitrogen and oxygen atoms in total. The second kappa shape index (κ2) is 41.0. The number of rotatable bonds is 17. The lowest BCUT2D eigenvalue weighted by Crippen LogP contribution is -2.65. The molecule has 45 heteroatoms. The molecule has 9 aliphatic heterocycles. The standard InChI is InChI=1S/C92H89Cl4N9O32/c1-35(109)99-72-78(118)75(115)63(33-107)134-91(72)136-81-41-9-17-57(52(96)23-41)131-61-26-43-25-60(82(61)137-90-71(77(117)74(114)62(32-106)133-90)98-31-37-4-12-45(94)13-5-37)130-56-16-6-38(18-51(56)95)19-53-83(121)101-68(42-20-46(110)27-48(21-42)129-58-24-40(8-15-55(58)113)66(84(122)100-53)97-30-36-2-10-44(93)11-3-36)86(124)103-69(43)87(125)102-67-39-7-14-54(112)49(22-39)65-50(70(89(127)128)104-88(126)73(81)105-85(67)123)28-47(111)29-59(65)132-92-80(120)79(119)76(116)64(34-108)135-92/h2-18,20-29,53,62-64,66-81,90-92,97-98,106-108,110-120H,19,30-34H2,1H3,(H,99,109)(H,100,122)(H,101,121)(H,102,125)(H,103,124)(H,104,126)(H,105,123)(H,127,128)/t53-,62-,63-,64-,66-,67-,68+,69-,70+,71-,72-,73+,74-,75-,76-,77-,78-,79+,80+,81-,90+,91+,92+/m1/s1. The number of phenols is 4. The summed E-state index contributed by atoms with van der Waals surface area (Å²) in [6.45, 7) is -2.29. The summed E-state index contributed by atoms with van der Waals surface area (Å²) in [5.74, 6) is -18.4. The van der Waals surface area contributed by atoms with Gasteiger partial charge in [-0.2, -0.15) is 0 Å². The van der Waals surface area contributed by atoms with Crippen LogP contribution in [0.4, 0.5) is 0 Å². The minimum Gasteiger partial charge on any atom is -0.508 e. The van der Waals surface area contributed by atoms with E-state index in [1.54, 1.807) is 48.5 Å². The molecule has 17 bridgehead atoms. The summed E-state index contributed by atoms with van der Waals surface area (Å²) >= 11 is 27.4. The van der Waals surface area contributed by atoms with Gasteiger partial charge in [0.25, 0.3) is 0 Å². The Bertz CT molecular complexity index is 6140. The monoisotopic (exact) mass is 1970 g/mol. The number of fused-ring (bicyclic) bond motifs is 14. The van der Waals surface area contributed by atoms with E-state index >= 15 is 28.8 Å². The molecule has 722 valence electrons.